The van der Waals surface area contributed by atoms with E-state index >= 15 is 0 Å². The number of thioether (sulfide) groups is 1. The summed E-state index contributed by atoms with van der Waals surface area (Å²) in [5.41, 5.74) is 2.20. The van der Waals surface area contributed by atoms with Crippen LogP contribution in [-0.4, -0.2) is 61.2 Å². The quantitative estimate of drug-likeness (QED) is 0.0999. The van der Waals surface area contributed by atoms with Crippen LogP contribution in [0.2, 0.25) is 0 Å². The van der Waals surface area contributed by atoms with Crippen LogP contribution in [0.4, 0.5) is 4.79 Å². The molecule has 236 valence electrons. The van der Waals surface area contributed by atoms with Gasteiger partial charge < -0.3 is 23.8 Å². The smallest absolute Gasteiger partial charge is 0.410 e. The molecule has 0 radical (unpaired) electrons. The Kier molecular flexibility index (Phi) is 10.7. The Morgan fingerprint density at radius 1 is 0.889 bits per heavy atom. The van der Waals surface area contributed by atoms with Crippen molar-refractivity contribution in [1.29, 1.82) is 0 Å². The number of hydrogen-bond acceptors (Lipinski definition) is 7. The summed E-state index contributed by atoms with van der Waals surface area (Å²) in [5, 5.41) is 2.36. The van der Waals surface area contributed by atoms with Crippen molar-refractivity contribution in [2.75, 3.05) is 32.6 Å². The second-order valence-corrected chi connectivity index (χ2v) is 13.0. The number of carbonyl (C=O) groups is 2. The number of hydrogen-bond donors (Lipinski definition) is 0. The number of esters is 1. The first kappa shape index (κ1) is 32.4. The molecule has 1 aliphatic heterocycles. The second kappa shape index (κ2) is 14.8. The molecule has 4 aromatic carbocycles. The highest BCUT2D eigenvalue weighted by Gasteiger charge is 2.35. The number of fused-ring (bicyclic) bond motifs is 1. The van der Waals surface area contributed by atoms with Gasteiger partial charge in [0.2, 0.25) is 0 Å². The summed E-state index contributed by atoms with van der Waals surface area (Å²) in [7, 11) is 0. The normalized spacial score (nSPS) is 16.8. The molecule has 8 heteroatoms. The Hall–Kier alpha value is -4.01. The van der Waals surface area contributed by atoms with Gasteiger partial charge in [-0.2, -0.15) is 0 Å². The molecule has 0 saturated carbocycles. The van der Waals surface area contributed by atoms with Gasteiger partial charge in [-0.15, -0.1) is 11.8 Å². The van der Waals surface area contributed by atoms with E-state index in [4.69, 9.17) is 18.9 Å². The summed E-state index contributed by atoms with van der Waals surface area (Å²) >= 11 is 1.51. The van der Waals surface area contributed by atoms with E-state index in [0.717, 1.165) is 22.4 Å². The van der Waals surface area contributed by atoms with Gasteiger partial charge in [0.05, 0.1) is 24.8 Å². The molecule has 0 spiro atoms. The van der Waals surface area contributed by atoms with Crippen LogP contribution in [0.25, 0.3) is 10.8 Å². The minimum absolute atomic E-state index is 0.0932. The van der Waals surface area contributed by atoms with Gasteiger partial charge in [-0.3, -0.25) is 0 Å². The van der Waals surface area contributed by atoms with E-state index in [2.05, 4.69) is 42.5 Å². The van der Waals surface area contributed by atoms with E-state index in [1.807, 2.05) is 69.5 Å². The Morgan fingerprint density at radius 3 is 2.38 bits per heavy atom. The van der Waals surface area contributed by atoms with E-state index in [1.54, 1.807) is 11.0 Å². The number of benzene rings is 4. The van der Waals surface area contributed by atoms with Crippen LogP contribution in [0.15, 0.2) is 95.9 Å². The van der Waals surface area contributed by atoms with Crippen LogP contribution in [0.1, 0.15) is 54.6 Å². The van der Waals surface area contributed by atoms with E-state index in [1.165, 1.54) is 22.5 Å². The van der Waals surface area contributed by atoms with Gasteiger partial charge in [-0.05, 0) is 85.7 Å². The van der Waals surface area contributed by atoms with E-state index < -0.39 is 5.60 Å². The molecule has 1 amide bonds. The molecule has 7 nitrogen and oxygen atoms in total. The minimum Gasteiger partial charge on any atom is -0.490 e. The van der Waals surface area contributed by atoms with Crippen molar-refractivity contribution in [2.24, 2.45) is 0 Å². The van der Waals surface area contributed by atoms with Gasteiger partial charge >= 0.3 is 12.1 Å². The van der Waals surface area contributed by atoms with Gasteiger partial charge in [0.25, 0.3) is 0 Å². The molecule has 5 rings (SSSR count). The summed E-state index contributed by atoms with van der Waals surface area (Å²) in [6, 6.07) is 30.0. The SMILES string of the molecule is CSc1ccccc1C(=O)OCCOc1ccc(C2CCN(C(=O)OC(C)(C)C)CC2OCc2ccc3ccccc3c2)cc1. The average molecular weight is 628 g/mol. The molecule has 0 N–H and O–H groups in total. The highest BCUT2D eigenvalue weighted by Crippen LogP contribution is 2.33. The number of ether oxygens (including phenoxy) is 4. The van der Waals surface area contributed by atoms with Crippen molar-refractivity contribution in [3.8, 4) is 5.75 Å². The maximum absolute atomic E-state index is 12.9. The van der Waals surface area contributed by atoms with Gasteiger partial charge in [-0.25, -0.2) is 9.59 Å². The highest BCUT2D eigenvalue weighted by atomic mass is 32.2. The molecule has 0 bridgehead atoms. The van der Waals surface area contributed by atoms with Gasteiger partial charge in [0.1, 0.15) is 24.6 Å². The van der Waals surface area contributed by atoms with Crippen LogP contribution < -0.4 is 4.74 Å². The Labute approximate surface area is 269 Å². The Morgan fingerprint density at radius 2 is 1.62 bits per heavy atom. The zero-order chi connectivity index (χ0) is 31.8. The third-order valence-corrected chi connectivity index (χ3v) is 8.50. The minimum atomic E-state index is -0.567. The van der Waals surface area contributed by atoms with Crippen LogP contribution in [-0.2, 0) is 20.8 Å². The number of rotatable bonds is 10. The molecular weight excluding hydrogens is 586 g/mol. The predicted octanol–water partition coefficient (Wildman–Crippen LogP) is 8.11. The Bertz CT molecular complexity index is 1600. The van der Waals surface area contributed by atoms with E-state index in [9.17, 15) is 9.59 Å². The van der Waals surface area contributed by atoms with Crippen molar-refractivity contribution in [3.63, 3.8) is 0 Å². The number of nitrogens with zero attached hydrogens (tertiary/aromatic N) is 1. The summed E-state index contributed by atoms with van der Waals surface area (Å²) in [6.07, 6.45) is 2.15. The van der Waals surface area contributed by atoms with Gasteiger partial charge in [0, 0.05) is 17.4 Å². The second-order valence-electron chi connectivity index (χ2n) is 12.1. The largest absolute Gasteiger partial charge is 0.490 e. The molecule has 0 aromatic heterocycles. The summed E-state index contributed by atoms with van der Waals surface area (Å²) in [6.45, 7) is 7.50. The summed E-state index contributed by atoms with van der Waals surface area (Å²) in [5.74, 6) is 0.432. The first-order valence-electron chi connectivity index (χ1n) is 15.3. The van der Waals surface area contributed by atoms with Gasteiger partial charge in [0.15, 0.2) is 0 Å². The van der Waals surface area contributed by atoms with Crippen molar-refractivity contribution in [2.45, 2.75) is 56.3 Å². The van der Waals surface area contributed by atoms with Crippen LogP contribution in [0.5, 0.6) is 5.75 Å². The van der Waals surface area contributed by atoms with E-state index in [-0.39, 0.29) is 37.3 Å². The molecule has 1 aliphatic rings. The standard InChI is InChI=1S/C37H41NO6S/c1-37(2,3)44-36(40)38-20-19-31(33(24-38)43-25-26-13-14-27-9-5-6-10-29(27)23-26)28-15-17-30(18-16-28)41-21-22-42-35(39)32-11-7-8-12-34(32)45-4/h5-18,23,31,33H,19-22,24-25H2,1-4H3. The van der Waals surface area contributed by atoms with Crippen molar-refractivity contribution < 1.29 is 28.5 Å². The lowest BCUT2D eigenvalue weighted by Gasteiger charge is -2.39. The molecule has 1 fully saturated rings. The molecule has 1 saturated heterocycles. The predicted molar refractivity (Wildman–Crippen MR) is 178 cm³/mol. The van der Waals surface area contributed by atoms with Gasteiger partial charge in [-0.1, -0.05) is 60.7 Å². The highest BCUT2D eigenvalue weighted by molar-refractivity contribution is 7.98. The van der Waals surface area contributed by atoms with Crippen LogP contribution >= 0.6 is 11.8 Å². The number of amides is 1. The first-order chi connectivity index (χ1) is 21.7. The number of carbonyl (C=O) groups excluding carboxylic acids is 2. The zero-order valence-electron chi connectivity index (χ0n) is 26.4. The Balaban J connectivity index is 1.21. The molecule has 45 heavy (non-hydrogen) atoms. The maximum Gasteiger partial charge on any atom is 0.410 e. The van der Waals surface area contributed by atoms with E-state index in [0.29, 0.717) is 31.0 Å². The van der Waals surface area contributed by atoms with Crippen molar-refractivity contribution in [1.82, 2.24) is 4.90 Å². The topological polar surface area (TPSA) is 74.3 Å². The maximum atomic E-state index is 12.9. The average Bonchev–Trinajstić information content (AvgIpc) is 3.05. The third kappa shape index (κ3) is 8.80. The summed E-state index contributed by atoms with van der Waals surface area (Å²) in [4.78, 5) is 28.1. The number of piperidine rings is 1. The summed E-state index contributed by atoms with van der Waals surface area (Å²) < 4.78 is 23.5. The van der Waals surface area contributed by atoms with Crippen molar-refractivity contribution in [3.05, 3.63) is 108 Å². The first-order valence-corrected chi connectivity index (χ1v) is 16.5. The fourth-order valence-corrected chi connectivity index (χ4v) is 6.07. The molecule has 0 aliphatic carbocycles. The van der Waals surface area contributed by atoms with Crippen molar-refractivity contribution >= 4 is 34.6 Å². The monoisotopic (exact) mass is 627 g/mol. The van der Waals surface area contributed by atoms with Crippen LogP contribution in [0.3, 0.4) is 0 Å². The molecule has 4 aromatic rings. The molecular formula is C37H41NO6S. The molecule has 1 heterocycles. The fraction of sp³-hybridized carbons (Fsp3) is 0.351. The third-order valence-electron chi connectivity index (χ3n) is 7.71. The lowest BCUT2D eigenvalue weighted by Crippen LogP contribution is -2.48. The molecule has 2 unspecified atom stereocenters. The zero-order valence-corrected chi connectivity index (χ0v) is 27.2. The lowest BCUT2D eigenvalue weighted by molar-refractivity contribution is -0.0359. The lowest BCUT2D eigenvalue weighted by atomic mass is 9.87. The molecule has 2 atom stereocenters. The van der Waals surface area contributed by atoms with Crippen LogP contribution in [0, 0.1) is 0 Å². The number of likely N-dealkylation sites (tertiary alicyclic amines) is 1. The fourth-order valence-electron chi connectivity index (χ4n) is 5.49.